The summed E-state index contributed by atoms with van der Waals surface area (Å²) in [4.78, 5) is 0. The summed E-state index contributed by atoms with van der Waals surface area (Å²) in [6.45, 7) is 4.81. The average Bonchev–Trinajstić information content (AvgIpc) is 3.47. The van der Waals surface area contributed by atoms with Crippen molar-refractivity contribution in [1.29, 1.82) is 0 Å². The Morgan fingerprint density at radius 1 is 0.283 bits per heavy atom. The van der Waals surface area contributed by atoms with E-state index in [1.165, 1.54) is 109 Å². The van der Waals surface area contributed by atoms with Crippen molar-refractivity contribution in [2.24, 2.45) is 0 Å². The first-order valence-corrected chi connectivity index (χ1v) is 18.7. The number of benzene rings is 10. The normalized spacial score (nSPS) is 13.2. The molecule has 0 nitrogen and oxygen atoms in total. The molecule has 0 N–H and O–H groups in total. The molecule has 10 aromatic rings. The maximum atomic E-state index is 2.41. The number of hydrogen-bond acceptors (Lipinski definition) is 0. The Morgan fingerprint density at radius 2 is 0.717 bits per heavy atom. The van der Waals surface area contributed by atoms with Crippen LogP contribution in [0.25, 0.3) is 98.4 Å². The van der Waals surface area contributed by atoms with E-state index in [4.69, 9.17) is 0 Å². The molecule has 0 bridgehead atoms. The molecule has 0 atom stereocenters. The molecule has 0 fully saturated rings. The van der Waals surface area contributed by atoms with Crippen molar-refractivity contribution < 1.29 is 0 Å². The third-order valence-corrected chi connectivity index (χ3v) is 12.0. The van der Waals surface area contributed by atoms with Crippen LogP contribution in [-0.4, -0.2) is 0 Å². The lowest BCUT2D eigenvalue weighted by atomic mass is 9.79. The molecule has 0 heterocycles. The molecule has 0 aliphatic heterocycles. The minimum absolute atomic E-state index is 0.131. The van der Waals surface area contributed by atoms with Crippen LogP contribution in [-0.2, 0) is 5.41 Å². The van der Waals surface area contributed by atoms with Gasteiger partial charge in [0.25, 0.3) is 0 Å². The van der Waals surface area contributed by atoms with Crippen molar-refractivity contribution in [3.8, 4) is 44.5 Å². The van der Waals surface area contributed by atoms with E-state index in [0.29, 0.717) is 0 Å². The Hall–Kier alpha value is -6.50. The van der Waals surface area contributed by atoms with Gasteiger partial charge in [-0.05, 0) is 109 Å². The smallest absolute Gasteiger partial charge is 0.0165 e. The lowest BCUT2D eigenvalue weighted by Crippen LogP contribution is -2.15. The van der Waals surface area contributed by atoms with Gasteiger partial charge in [0.05, 0.1) is 0 Å². The highest BCUT2D eigenvalue weighted by Crippen LogP contribution is 2.57. The van der Waals surface area contributed by atoms with Gasteiger partial charge in [-0.25, -0.2) is 0 Å². The van der Waals surface area contributed by atoms with E-state index in [0.717, 1.165) is 0 Å². The second-order valence-corrected chi connectivity index (χ2v) is 15.1. The fourth-order valence-corrected chi connectivity index (χ4v) is 9.76. The molecule has 11 rings (SSSR count). The number of rotatable bonds is 3. The average molecular weight is 673 g/mol. The summed E-state index contributed by atoms with van der Waals surface area (Å²) in [5.41, 5.74) is 13.1. The molecular weight excluding hydrogens is 637 g/mol. The zero-order chi connectivity index (χ0) is 35.3. The summed E-state index contributed by atoms with van der Waals surface area (Å²) in [6.07, 6.45) is 0. The predicted molar refractivity (Wildman–Crippen MR) is 228 cm³/mol. The molecule has 0 saturated heterocycles. The summed E-state index contributed by atoms with van der Waals surface area (Å²) < 4.78 is 0. The van der Waals surface area contributed by atoms with E-state index in [1.807, 2.05) is 0 Å². The molecule has 10 aromatic carbocycles. The summed E-state index contributed by atoms with van der Waals surface area (Å²) >= 11 is 0. The van der Waals surface area contributed by atoms with Crippen molar-refractivity contribution in [3.05, 3.63) is 193 Å². The summed E-state index contributed by atoms with van der Waals surface area (Å²) in [5.74, 6) is 0. The van der Waals surface area contributed by atoms with Crippen molar-refractivity contribution in [3.63, 3.8) is 0 Å². The Labute approximate surface area is 309 Å². The first-order valence-electron chi connectivity index (χ1n) is 18.7. The van der Waals surface area contributed by atoms with Gasteiger partial charge in [0, 0.05) is 5.41 Å². The fraction of sp³-hybridized carbons (Fsp3) is 0.0566. The fourth-order valence-electron chi connectivity index (χ4n) is 9.76. The van der Waals surface area contributed by atoms with Crippen LogP contribution in [0.5, 0.6) is 0 Å². The topological polar surface area (TPSA) is 0 Å². The summed E-state index contributed by atoms with van der Waals surface area (Å²) in [6, 6.07) is 67.7. The van der Waals surface area contributed by atoms with Crippen molar-refractivity contribution in [2.75, 3.05) is 0 Å². The van der Waals surface area contributed by atoms with Crippen LogP contribution in [0.2, 0.25) is 0 Å². The van der Waals surface area contributed by atoms with E-state index in [-0.39, 0.29) is 5.41 Å². The van der Waals surface area contributed by atoms with Crippen LogP contribution in [0.3, 0.4) is 0 Å². The molecule has 0 amide bonds. The second kappa shape index (κ2) is 11.2. The largest absolute Gasteiger partial charge is 0.0616 e. The van der Waals surface area contributed by atoms with Gasteiger partial charge >= 0.3 is 0 Å². The van der Waals surface area contributed by atoms with Crippen LogP contribution in [0.4, 0.5) is 0 Å². The van der Waals surface area contributed by atoms with Crippen molar-refractivity contribution >= 4 is 53.9 Å². The molecule has 0 unspecified atom stereocenters. The monoisotopic (exact) mass is 672 g/mol. The zero-order valence-electron chi connectivity index (χ0n) is 29.8. The van der Waals surface area contributed by atoms with Crippen molar-refractivity contribution in [1.82, 2.24) is 0 Å². The predicted octanol–water partition coefficient (Wildman–Crippen LogP) is 14.8. The number of hydrogen-bond donors (Lipinski definition) is 0. The Bertz CT molecular complexity index is 3060. The molecule has 53 heavy (non-hydrogen) atoms. The molecule has 248 valence electrons. The van der Waals surface area contributed by atoms with Crippen LogP contribution >= 0.6 is 0 Å². The highest BCUT2D eigenvalue weighted by atomic mass is 14.4. The SMILES string of the molecule is CC1(C)c2cccc(-c3ccc(-c4c5ccccc5c(-c5cccc6ccccc56)c5ccccc45)cc3)c2-c2c1c1ccccc1c1ccccc21. The Morgan fingerprint density at radius 3 is 1.36 bits per heavy atom. The van der Waals surface area contributed by atoms with Crippen LogP contribution in [0.1, 0.15) is 25.0 Å². The Kier molecular flexibility index (Phi) is 6.40. The van der Waals surface area contributed by atoms with E-state index >= 15 is 0 Å². The maximum absolute atomic E-state index is 2.41. The molecule has 1 aliphatic rings. The molecule has 0 saturated carbocycles. The highest BCUT2D eigenvalue weighted by Gasteiger charge is 2.39. The first-order chi connectivity index (χ1) is 26.1. The van der Waals surface area contributed by atoms with E-state index in [1.54, 1.807) is 0 Å². The molecule has 0 heteroatoms. The molecule has 1 aliphatic carbocycles. The van der Waals surface area contributed by atoms with Gasteiger partial charge in [0.2, 0.25) is 0 Å². The second-order valence-electron chi connectivity index (χ2n) is 15.1. The van der Waals surface area contributed by atoms with Gasteiger partial charge in [-0.15, -0.1) is 0 Å². The van der Waals surface area contributed by atoms with Crippen LogP contribution in [0, 0.1) is 0 Å². The van der Waals surface area contributed by atoms with E-state index in [9.17, 15) is 0 Å². The molecule has 0 spiro atoms. The summed E-state index contributed by atoms with van der Waals surface area (Å²) in [7, 11) is 0. The van der Waals surface area contributed by atoms with Gasteiger partial charge in [-0.2, -0.15) is 0 Å². The van der Waals surface area contributed by atoms with Gasteiger partial charge < -0.3 is 0 Å². The summed E-state index contributed by atoms with van der Waals surface area (Å²) in [5, 5.41) is 13.0. The third kappa shape index (κ3) is 4.24. The van der Waals surface area contributed by atoms with E-state index < -0.39 is 0 Å². The van der Waals surface area contributed by atoms with E-state index in [2.05, 4.69) is 196 Å². The lowest BCUT2D eigenvalue weighted by molar-refractivity contribution is 0.666. The third-order valence-electron chi connectivity index (χ3n) is 12.0. The van der Waals surface area contributed by atoms with Gasteiger partial charge in [0.15, 0.2) is 0 Å². The maximum Gasteiger partial charge on any atom is 0.0165 e. The van der Waals surface area contributed by atoms with Crippen LogP contribution < -0.4 is 0 Å². The molecule has 0 aromatic heterocycles. The highest BCUT2D eigenvalue weighted by molar-refractivity contribution is 6.24. The van der Waals surface area contributed by atoms with Crippen molar-refractivity contribution in [2.45, 2.75) is 19.3 Å². The van der Waals surface area contributed by atoms with Gasteiger partial charge in [0.1, 0.15) is 0 Å². The lowest BCUT2D eigenvalue weighted by Gasteiger charge is -2.24. The van der Waals surface area contributed by atoms with Crippen LogP contribution in [0.15, 0.2) is 182 Å². The minimum Gasteiger partial charge on any atom is -0.0616 e. The van der Waals surface area contributed by atoms with Gasteiger partial charge in [-0.3, -0.25) is 0 Å². The van der Waals surface area contributed by atoms with Gasteiger partial charge in [-0.1, -0.05) is 196 Å². The Balaban J connectivity index is 1.13. The standard InChI is InChI=1S/C53H36/c1-53(2)47-28-14-26-37(50(47)51-41-20-7-5-18-38(41)39-19-6-12-25-46(39)52(51)53)34-29-31-35(32-30-34)48-42-21-8-10-23-44(42)49(45-24-11-9-22-43(45)48)40-27-13-16-33-15-3-4-17-36(33)40/h3-32H,1-2H3. The first kappa shape index (κ1) is 30.2. The zero-order valence-corrected chi connectivity index (χ0v) is 29.8. The quantitative estimate of drug-likeness (QED) is 0.129. The number of fused-ring (bicyclic) bond motifs is 11. The molecular formula is C53H36. The molecule has 0 radical (unpaired) electrons. The minimum atomic E-state index is -0.131.